The van der Waals surface area contributed by atoms with Gasteiger partial charge in [0.15, 0.2) is 5.96 Å². The van der Waals surface area contributed by atoms with Gasteiger partial charge in [0, 0.05) is 26.2 Å². The first kappa shape index (κ1) is 16.6. The molecule has 0 spiro atoms. The Morgan fingerprint density at radius 1 is 0.667 bits per heavy atom. The number of nitrogens with zero attached hydrogens (tertiary/aromatic N) is 2. The summed E-state index contributed by atoms with van der Waals surface area (Å²) in [4.78, 5) is 4.46. The van der Waals surface area contributed by atoms with E-state index in [9.17, 15) is 0 Å². The normalized spacial score (nSPS) is 14.4. The molecule has 24 heavy (non-hydrogen) atoms. The highest BCUT2D eigenvalue weighted by molar-refractivity contribution is 5.78. The fourth-order valence-electron chi connectivity index (χ4n) is 3.33. The number of hydrogen-bond donors (Lipinski definition) is 1. The molecule has 0 amide bonds. The van der Waals surface area contributed by atoms with Crippen molar-refractivity contribution in [3.8, 4) is 0 Å². The predicted molar refractivity (Wildman–Crippen MR) is 100 cm³/mol. The zero-order valence-electron chi connectivity index (χ0n) is 14.3. The van der Waals surface area contributed by atoms with Crippen molar-refractivity contribution in [3.05, 3.63) is 71.8 Å². The van der Waals surface area contributed by atoms with Crippen LogP contribution in [0.4, 0.5) is 0 Å². The number of aryl methyl sites for hydroxylation is 2. The lowest BCUT2D eigenvalue weighted by Gasteiger charge is -2.21. The maximum Gasteiger partial charge on any atom is 0.193 e. The number of benzene rings is 2. The Morgan fingerprint density at radius 2 is 1.08 bits per heavy atom. The molecule has 0 saturated carbocycles. The first-order valence-electron chi connectivity index (χ1n) is 8.99. The molecule has 3 heteroatoms. The monoisotopic (exact) mass is 321 g/mol. The van der Waals surface area contributed by atoms with Crippen molar-refractivity contribution in [1.82, 2.24) is 9.80 Å². The minimum absolute atomic E-state index is 0.719. The second-order valence-corrected chi connectivity index (χ2v) is 6.48. The number of guanidine groups is 1. The van der Waals surface area contributed by atoms with E-state index in [2.05, 4.69) is 70.5 Å². The van der Waals surface area contributed by atoms with Crippen LogP contribution in [0.1, 0.15) is 24.0 Å². The third-order valence-electron chi connectivity index (χ3n) is 4.71. The van der Waals surface area contributed by atoms with Gasteiger partial charge in [-0.1, -0.05) is 60.7 Å². The number of nitrogens with one attached hydrogen (secondary N) is 1. The molecular weight excluding hydrogens is 294 g/mol. The summed E-state index contributed by atoms with van der Waals surface area (Å²) in [7, 11) is 0. The number of rotatable bonds is 8. The lowest BCUT2D eigenvalue weighted by molar-refractivity contribution is 0.444. The largest absolute Gasteiger partial charge is 0.341 e. The van der Waals surface area contributed by atoms with Crippen LogP contribution in [-0.4, -0.2) is 41.9 Å². The average Bonchev–Trinajstić information content (AvgIpc) is 2.97. The van der Waals surface area contributed by atoms with Crippen molar-refractivity contribution in [2.24, 2.45) is 0 Å². The van der Waals surface area contributed by atoms with Crippen LogP contribution in [0.25, 0.3) is 0 Å². The van der Waals surface area contributed by atoms with E-state index >= 15 is 0 Å². The van der Waals surface area contributed by atoms with Crippen LogP contribution in [0.3, 0.4) is 0 Å². The van der Waals surface area contributed by atoms with Gasteiger partial charge in [0.1, 0.15) is 0 Å². The summed E-state index contributed by atoms with van der Waals surface area (Å²) >= 11 is 0. The molecule has 1 aliphatic rings. The van der Waals surface area contributed by atoms with Crippen LogP contribution in [0, 0.1) is 5.41 Å². The predicted octanol–water partition coefficient (Wildman–Crippen LogP) is 3.80. The van der Waals surface area contributed by atoms with Crippen LogP contribution in [0.15, 0.2) is 60.7 Å². The maximum absolute atomic E-state index is 8.38. The molecular formula is C21H27N3. The van der Waals surface area contributed by atoms with Gasteiger partial charge in [-0.05, 0) is 36.8 Å². The highest BCUT2D eigenvalue weighted by atomic mass is 15.4. The Labute approximate surface area is 145 Å². The summed E-state index contributed by atoms with van der Waals surface area (Å²) in [6, 6.07) is 21.3. The summed E-state index contributed by atoms with van der Waals surface area (Å²) in [5.41, 5.74) is 2.78. The Morgan fingerprint density at radius 3 is 1.50 bits per heavy atom. The van der Waals surface area contributed by atoms with Crippen LogP contribution in [0.5, 0.6) is 0 Å². The van der Waals surface area contributed by atoms with Crippen LogP contribution >= 0.6 is 0 Å². The van der Waals surface area contributed by atoms with Gasteiger partial charge in [-0.25, -0.2) is 0 Å². The van der Waals surface area contributed by atoms with Crippen LogP contribution < -0.4 is 0 Å². The molecule has 0 aliphatic carbocycles. The molecule has 1 saturated heterocycles. The van der Waals surface area contributed by atoms with Gasteiger partial charge >= 0.3 is 0 Å². The standard InChI is InChI=1S/C21H27N3/c22-21-23(15-7-13-19-9-3-1-4-10-19)17-18-24(21)16-8-14-20-11-5-2-6-12-20/h1-6,9-12,22H,7-8,13-18H2. The van der Waals surface area contributed by atoms with E-state index in [0.29, 0.717) is 0 Å². The molecule has 2 aromatic carbocycles. The Kier molecular flexibility index (Phi) is 5.89. The molecule has 1 heterocycles. The molecule has 0 atom stereocenters. The van der Waals surface area contributed by atoms with E-state index in [1.54, 1.807) is 0 Å². The van der Waals surface area contributed by atoms with E-state index in [1.807, 2.05) is 0 Å². The van der Waals surface area contributed by atoms with Crippen molar-refractivity contribution in [3.63, 3.8) is 0 Å². The van der Waals surface area contributed by atoms with Crippen molar-refractivity contribution in [1.29, 1.82) is 5.41 Å². The van der Waals surface area contributed by atoms with Gasteiger partial charge in [-0.15, -0.1) is 0 Å². The smallest absolute Gasteiger partial charge is 0.193 e. The van der Waals surface area contributed by atoms with E-state index in [4.69, 9.17) is 5.41 Å². The van der Waals surface area contributed by atoms with Gasteiger partial charge in [0.25, 0.3) is 0 Å². The Bertz CT molecular complexity index is 569. The second kappa shape index (κ2) is 8.53. The van der Waals surface area contributed by atoms with Crippen molar-refractivity contribution in [2.75, 3.05) is 26.2 Å². The summed E-state index contributed by atoms with van der Waals surface area (Å²) in [6.45, 7) is 3.98. The highest BCUT2D eigenvalue weighted by Crippen LogP contribution is 2.12. The maximum atomic E-state index is 8.38. The molecule has 126 valence electrons. The van der Waals surface area contributed by atoms with E-state index in [-0.39, 0.29) is 0 Å². The fraction of sp³-hybridized carbons (Fsp3) is 0.381. The number of hydrogen-bond acceptors (Lipinski definition) is 1. The van der Waals surface area contributed by atoms with Gasteiger partial charge in [0.2, 0.25) is 0 Å². The molecule has 0 bridgehead atoms. The molecule has 0 radical (unpaired) electrons. The molecule has 1 N–H and O–H groups in total. The molecule has 3 rings (SSSR count). The van der Waals surface area contributed by atoms with Gasteiger partial charge in [-0.2, -0.15) is 0 Å². The fourth-order valence-corrected chi connectivity index (χ4v) is 3.33. The molecule has 3 nitrogen and oxygen atoms in total. The Hall–Kier alpha value is -2.29. The molecule has 1 aliphatic heterocycles. The topological polar surface area (TPSA) is 30.3 Å². The zero-order chi connectivity index (χ0) is 16.6. The van der Waals surface area contributed by atoms with Gasteiger partial charge in [-0.3, -0.25) is 5.41 Å². The molecule has 2 aromatic rings. The summed E-state index contributed by atoms with van der Waals surface area (Å²) in [5.74, 6) is 0.719. The first-order chi connectivity index (χ1) is 11.8. The van der Waals surface area contributed by atoms with Crippen LogP contribution in [0.2, 0.25) is 0 Å². The zero-order valence-corrected chi connectivity index (χ0v) is 14.3. The van der Waals surface area contributed by atoms with E-state index in [0.717, 1.165) is 57.8 Å². The second-order valence-electron chi connectivity index (χ2n) is 6.48. The van der Waals surface area contributed by atoms with E-state index in [1.165, 1.54) is 11.1 Å². The van der Waals surface area contributed by atoms with Crippen LogP contribution in [-0.2, 0) is 12.8 Å². The van der Waals surface area contributed by atoms with Crippen molar-refractivity contribution < 1.29 is 0 Å². The average molecular weight is 321 g/mol. The van der Waals surface area contributed by atoms with Crippen molar-refractivity contribution in [2.45, 2.75) is 25.7 Å². The van der Waals surface area contributed by atoms with Gasteiger partial charge < -0.3 is 9.80 Å². The molecule has 0 aromatic heterocycles. The molecule has 1 fully saturated rings. The molecule has 0 unspecified atom stereocenters. The van der Waals surface area contributed by atoms with E-state index < -0.39 is 0 Å². The highest BCUT2D eigenvalue weighted by Gasteiger charge is 2.23. The third kappa shape index (κ3) is 4.60. The third-order valence-corrected chi connectivity index (χ3v) is 4.71. The van der Waals surface area contributed by atoms with Crippen molar-refractivity contribution >= 4 is 5.96 Å². The SMILES string of the molecule is N=C1N(CCCc2ccccc2)CCN1CCCc1ccccc1. The minimum Gasteiger partial charge on any atom is -0.341 e. The Balaban J connectivity index is 1.37. The lowest BCUT2D eigenvalue weighted by atomic mass is 10.1. The summed E-state index contributed by atoms with van der Waals surface area (Å²) in [6.07, 6.45) is 4.42. The first-order valence-corrected chi connectivity index (χ1v) is 8.99. The lowest BCUT2D eigenvalue weighted by Crippen LogP contribution is -2.34. The van der Waals surface area contributed by atoms with Gasteiger partial charge in [0.05, 0.1) is 0 Å². The summed E-state index contributed by atoms with van der Waals surface area (Å²) < 4.78 is 0. The quantitative estimate of drug-likeness (QED) is 0.801. The minimum atomic E-state index is 0.719. The summed E-state index contributed by atoms with van der Waals surface area (Å²) in [5, 5.41) is 8.38.